The van der Waals surface area contributed by atoms with Gasteiger partial charge in [-0.1, -0.05) is 205 Å². The minimum atomic E-state index is -0.924. The Kier molecular flexibility index (Phi) is 38.3. The number of pyridine rings is 4. The van der Waals surface area contributed by atoms with Gasteiger partial charge in [0.2, 0.25) is 47.3 Å². The fraction of sp³-hybridized carbons (Fsp3) is 0.286. The average Bonchev–Trinajstić information content (AvgIpc) is 1.62. The van der Waals surface area contributed by atoms with Crippen molar-refractivity contribution in [2.75, 3.05) is 23.7 Å². The van der Waals surface area contributed by atoms with Crippen LogP contribution < -0.4 is 76.2 Å². The quantitative estimate of drug-likeness (QED) is 0.0159. The number of hydrogen-bond donors (Lipinski definition) is 12. The number of ether oxygens (including phenoxy) is 1. The average molecular weight is 1870 g/mol. The predicted molar refractivity (Wildman–Crippen MR) is 528 cm³/mol. The van der Waals surface area contributed by atoms with Crippen LogP contribution in [0.2, 0.25) is 0 Å². The number of nitrogens with zero attached hydrogens (tertiary/aromatic N) is 5. The van der Waals surface area contributed by atoms with Crippen molar-refractivity contribution in [3.63, 3.8) is 0 Å². The number of nitrogens with two attached hydrogens (primary N) is 2. The van der Waals surface area contributed by atoms with Crippen molar-refractivity contribution < 1.29 is 57.2 Å². The van der Waals surface area contributed by atoms with Crippen LogP contribution in [0.1, 0.15) is 147 Å². The first kappa shape index (κ1) is 102. The van der Waals surface area contributed by atoms with Gasteiger partial charge in [0.1, 0.15) is 58.9 Å². The summed E-state index contributed by atoms with van der Waals surface area (Å²) in [7, 11) is 0. The van der Waals surface area contributed by atoms with E-state index in [1.165, 1.54) is 48.9 Å². The SMILES string of the molecule is C/C=C/[C@H](CCC(N)=O)NC(=O)[C@@H](Cc1ccccc1)n1cccc(NC(=O)OCc2ccccc2)c1=O.C/C=C/[C@H](CCC(N)=O)NC(=O)[C@H](Cc1ccccc1)n1cccc(NC(=O)c2cc(C)on2)c1=O.C/C=C/[C@H](C[C@@H]1CCNC1=O)NC(=O)[C@@H](Cc1ccccc1)n1ccc2cc[nH]c2c1=O.C/C=C/[C@H](C[C@@H]1CCNC1=O)NC(=O)[C@H](Cc1ccccc1)n1ccc2cc[nH]c2c1=O. The third-order valence-electron chi connectivity index (χ3n) is 23.2. The standard InChI is InChI=1S/C29H32N4O5.C26H29N5O5.2C25H28N4O3/c1-2-10-23(16-17-26(30)34)31-27(35)25(19-21-11-5-3-6-12-21)33-18-9-15-24(28(33)36)32-29(37)38-20-22-13-7-4-8-14-22;1-3-8-19(12-13-23(27)32)28-25(34)22(16-18-9-5-4-6-10-18)31-14-7-11-20(26(31)35)29-24(33)21-15-17(2)36-30-21;2*1-2-6-20(16-19-10-13-27-23(19)30)28-24(31)21(15-17-7-4-3-5-8-17)29-14-11-18-9-12-26-22(18)25(29)32/h2-15,18,23,25H,16-17,19-20H2,1H3,(H2,30,34)(H,31,35)(H,32,37);3-11,14-15,19,22H,12-13,16H2,1-2H3,(H2,27,32)(H,28,34)(H,29,33);2*2-9,11-12,14,19-21,26H,10,13,15-16H2,1H3,(H,27,30)(H,28,31)/b10-2+;8-3+;2*6-2+/t23-,25-;19-,22+;19-,20+,21+;19-,20+,21-/m1100/s1. The Morgan fingerprint density at radius 2 is 0.768 bits per heavy atom. The topological polar surface area (TPSA) is 474 Å². The highest BCUT2D eigenvalue weighted by molar-refractivity contribution is 6.02. The fourth-order valence-corrected chi connectivity index (χ4v) is 16.3. The van der Waals surface area contributed by atoms with Gasteiger partial charge in [-0.3, -0.25) is 67.6 Å². The number of carbonyl (C=O) groups is 10. The molecule has 33 heteroatoms. The highest BCUT2D eigenvalue weighted by Gasteiger charge is 2.34. The molecule has 0 bridgehead atoms. The number of rotatable bonds is 39. The highest BCUT2D eigenvalue weighted by Crippen LogP contribution is 2.26. The van der Waals surface area contributed by atoms with Crippen LogP contribution in [-0.2, 0) is 75.4 Å². The number of fused-ring (bicyclic) bond motifs is 2. The molecule has 2 aliphatic heterocycles. The number of benzene rings is 5. The Morgan fingerprint density at radius 3 is 1.10 bits per heavy atom. The first-order chi connectivity index (χ1) is 66.8. The predicted octanol–water partition coefficient (Wildman–Crippen LogP) is 11.6. The molecule has 2 aliphatic rings. The minimum absolute atomic E-state index is 0.00672. The molecule has 9 heterocycles. The van der Waals surface area contributed by atoms with E-state index in [1.807, 2.05) is 214 Å². The van der Waals surface area contributed by atoms with Gasteiger partial charge in [0.05, 0.1) is 0 Å². The van der Waals surface area contributed by atoms with Crippen molar-refractivity contribution >= 4 is 92.4 Å². The van der Waals surface area contributed by atoms with Gasteiger partial charge in [-0.05, 0) is 149 Å². The molecule has 2 saturated heterocycles. The maximum Gasteiger partial charge on any atom is 0.412 e. The van der Waals surface area contributed by atoms with Crippen molar-refractivity contribution in [1.29, 1.82) is 0 Å². The first-order valence-corrected chi connectivity index (χ1v) is 45.8. The summed E-state index contributed by atoms with van der Waals surface area (Å²) >= 11 is 0. The van der Waals surface area contributed by atoms with Crippen LogP contribution in [0.5, 0.6) is 0 Å². The van der Waals surface area contributed by atoms with Crippen LogP contribution >= 0.6 is 0 Å². The van der Waals surface area contributed by atoms with Gasteiger partial charge in [0.25, 0.3) is 28.1 Å². The number of hydrogen-bond acceptors (Lipinski definition) is 17. The van der Waals surface area contributed by atoms with E-state index < -0.39 is 83.0 Å². The van der Waals surface area contributed by atoms with Crippen LogP contribution in [-0.4, -0.2) is 130 Å². The molecule has 0 aliphatic carbocycles. The number of aromatic nitrogens is 7. The van der Waals surface area contributed by atoms with E-state index in [2.05, 4.69) is 57.7 Å². The van der Waals surface area contributed by atoms with E-state index in [-0.39, 0.29) is 108 Å². The molecule has 14 N–H and O–H groups in total. The zero-order valence-corrected chi connectivity index (χ0v) is 77.5. The molecular formula is C105H117N17O16. The lowest BCUT2D eigenvalue weighted by atomic mass is 9.97. The summed E-state index contributed by atoms with van der Waals surface area (Å²) in [6.07, 6.45) is 28.3. The zero-order valence-electron chi connectivity index (χ0n) is 77.5. The van der Waals surface area contributed by atoms with Crippen LogP contribution in [0.3, 0.4) is 0 Å². The first-order valence-electron chi connectivity index (χ1n) is 45.8. The molecule has 14 rings (SSSR count). The summed E-state index contributed by atoms with van der Waals surface area (Å²) in [5, 5.41) is 28.0. The molecule has 12 aromatic rings. The Labute approximate surface area is 797 Å². The molecule has 10 atom stereocenters. The van der Waals surface area contributed by atoms with Crippen molar-refractivity contribution in [2.24, 2.45) is 23.3 Å². The number of nitrogens with one attached hydrogen (secondary N) is 10. The van der Waals surface area contributed by atoms with Crippen LogP contribution in [0.4, 0.5) is 16.2 Å². The fourth-order valence-electron chi connectivity index (χ4n) is 16.3. The monoisotopic (exact) mass is 1870 g/mol. The normalized spacial score (nSPS) is 15.1. The summed E-state index contributed by atoms with van der Waals surface area (Å²) in [5.41, 5.74) is 14.4. The molecule has 0 unspecified atom stereocenters. The van der Waals surface area contributed by atoms with Gasteiger partial charge in [-0.15, -0.1) is 0 Å². The van der Waals surface area contributed by atoms with E-state index in [4.69, 9.17) is 20.7 Å². The molecule has 10 amide bonds. The molecule has 7 aromatic heterocycles. The Morgan fingerprint density at radius 1 is 0.428 bits per heavy atom. The van der Waals surface area contributed by atoms with Crippen molar-refractivity contribution in [3.05, 3.63) is 373 Å². The van der Waals surface area contributed by atoms with E-state index >= 15 is 0 Å². The van der Waals surface area contributed by atoms with Gasteiger partial charge in [-0.25, -0.2) is 4.79 Å². The lowest BCUT2D eigenvalue weighted by Crippen LogP contribution is -2.43. The van der Waals surface area contributed by atoms with E-state index in [0.29, 0.717) is 68.4 Å². The minimum Gasteiger partial charge on any atom is -0.444 e. The van der Waals surface area contributed by atoms with Crippen molar-refractivity contribution in [2.45, 2.75) is 167 Å². The van der Waals surface area contributed by atoms with Gasteiger partial charge in [0.15, 0.2) is 5.69 Å². The van der Waals surface area contributed by atoms with E-state index in [0.717, 1.165) is 51.4 Å². The Hall–Kier alpha value is -16.4. The largest absolute Gasteiger partial charge is 0.444 e. The van der Waals surface area contributed by atoms with Crippen molar-refractivity contribution in [1.82, 2.24) is 65.3 Å². The molecule has 0 spiro atoms. The Balaban J connectivity index is 0.000000177. The summed E-state index contributed by atoms with van der Waals surface area (Å²) in [6.45, 7) is 10.4. The third kappa shape index (κ3) is 29.8. The van der Waals surface area contributed by atoms with Crippen molar-refractivity contribution in [3.8, 4) is 0 Å². The molecule has 5 aromatic carbocycles. The smallest absolute Gasteiger partial charge is 0.412 e. The number of allylic oxidation sites excluding steroid dienone is 4. The molecule has 138 heavy (non-hydrogen) atoms. The number of primary amides is 2. The second-order valence-electron chi connectivity index (χ2n) is 33.3. The number of anilines is 2. The molecule has 33 nitrogen and oxygen atoms in total. The third-order valence-corrected chi connectivity index (χ3v) is 23.2. The van der Waals surface area contributed by atoms with Gasteiger partial charge in [-0.2, -0.15) is 0 Å². The molecule has 718 valence electrons. The summed E-state index contributed by atoms with van der Waals surface area (Å²) < 4.78 is 15.7. The number of amides is 10. The maximum absolute atomic E-state index is 13.5. The zero-order chi connectivity index (χ0) is 98.4. The second-order valence-corrected chi connectivity index (χ2v) is 33.3. The highest BCUT2D eigenvalue weighted by atomic mass is 16.5. The number of H-pyrrole nitrogens is 2. The summed E-state index contributed by atoms with van der Waals surface area (Å²) in [4.78, 5) is 184. The van der Waals surface area contributed by atoms with Crippen LogP contribution in [0.15, 0.2) is 316 Å². The van der Waals surface area contributed by atoms with Gasteiger partial charge in [0, 0.05) is 142 Å². The number of aromatic amines is 2. The molecular weight excluding hydrogens is 1760 g/mol. The van der Waals surface area contributed by atoms with Crippen LogP contribution in [0, 0.1) is 18.8 Å². The van der Waals surface area contributed by atoms with Gasteiger partial charge < -0.3 is 86.2 Å². The van der Waals surface area contributed by atoms with Gasteiger partial charge >= 0.3 is 6.09 Å². The summed E-state index contributed by atoms with van der Waals surface area (Å²) in [5.74, 6) is -2.59. The number of carbonyl (C=O) groups excluding carboxylic acids is 10. The lowest BCUT2D eigenvalue weighted by molar-refractivity contribution is -0.126. The maximum atomic E-state index is 13.5. The second kappa shape index (κ2) is 51.8. The van der Waals surface area contributed by atoms with Crippen LogP contribution in [0.25, 0.3) is 21.8 Å². The molecule has 0 radical (unpaired) electrons. The van der Waals surface area contributed by atoms with E-state index in [9.17, 15) is 67.1 Å². The lowest BCUT2D eigenvalue weighted by Gasteiger charge is -2.24. The summed E-state index contributed by atoms with van der Waals surface area (Å²) in [6, 6.07) is 57.2. The number of aryl methyl sites for hydroxylation is 1. The molecule has 2 fully saturated rings. The molecule has 0 saturated carbocycles. The van der Waals surface area contributed by atoms with E-state index in [1.54, 1.807) is 82.0 Å². The Bertz CT molecular complexity index is 6330.